The second kappa shape index (κ2) is 3.65. The molecule has 6 heteroatoms. The molecule has 1 aromatic carbocycles. The van der Waals surface area contributed by atoms with E-state index in [1.165, 1.54) is 13.0 Å². The van der Waals surface area contributed by atoms with Gasteiger partial charge in [-0.3, -0.25) is 14.9 Å². The Balaban J connectivity index is 2.68. The first kappa shape index (κ1) is 10.2. The number of fused-ring (bicyclic) bond motifs is 1. The fourth-order valence-corrected chi connectivity index (χ4v) is 1.60. The van der Waals surface area contributed by atoms with Crippen molar-refractivity contribution in [1.29, 1.82) is 0 Å². The van der Waals surface area contributed by atoms with Crippen molar-refractivity contribution < 1.29 is 9.72 Å². The number of H-pyrrole nitrogens is 1. The minimum absolute atomic E-state index is 0.0889. The Morgan fingerprint density at radius 2 is 2.19 bits per heavy atom. The molecule has 0 atom stereocenters. The van der Waals surface area contributed by atoms with Crippen LogP contribution in [0.15, 0.2) is 24.4 Å². The molecule has 0 aliphatic carbocycles. The fourth-order valence-electron chi connectivity index (χ4n) is 1.60. The lowest BCUT2D eigenvalue weighted by Gasteiger charge is -2.03. The molecular formula is C10H9N3O3. The number of hydrogen-bond acceptors (Lipinski definition) is 3. The van der Waals surface area contributed by atoms with E-state index < -0.39 is 4.92 Å². The number of benzene rings is 1. The van der Waals surface area contributed by atoms with E-state index in [1.54, 1.807) is 18.3 Å². The minimum atomic E-state index is -0.499. The molecule has 82 valence electrons. The highest BCUT2D eigenvalue weighted by Crippen LogP contribution is 2.32. The first-order chi connectivity index (χ1) is 7.59. The van der Waals surface area contributed by atoms with E-state index in [0.717, 1.165) is 0 Å². The third kappa shape index (κ3) is 1.60. The molecular weight excluding hydrogens is 210 g/mol. The summed E-state index contributed by atoms with van der Waals surface area (Å²) >= 11 is 0. The Kier molecular flexibility index (Phi) is 2.32. The average Bonchev–Trinajstić information content (AvgIpc) is 2.63. The molecule has 0 spiro atoms. The van der Waals surface area contributed by atoms with E-state index in [9.17, 15) is 14.9 Å². The highest BCUT2D eigenvalue weighted by Gasteiger charge is 2.19. The quantitative estimate of drug-likeness (QED) is 0.598. The van der Waals surface area contributed by atoms with Crippen LogP contribution in [0.3, 0.4) is 0 Å². The second-order valence-electron chi connectivity index (χ2n) is 3.34. The van der Waals surface area contributed by atoms with Crippen LogP contribution in [0.1, 0.15) is 6.92 Å². The molecule has 0 aliphatic rings. The van der Waals surface area contributed by atoms with Crippen LogP contribution in [0.2, 0.25) is 0 Å². The molecule has 0 aliphatic heterocycles. The summed E-state index contributed by atoms with van der Waals surface area (Å²) in [6, 6.07) is 4.81. The van der Waals surface area contributed by atoms with Gasteiger partial charge in [-0.1, -0.05) is 0 Å². The normalized spacial score (nSPS) is 10.3. The van der Waals surface area contributed by atoms with Crippen LogP contribution >= 0.6 is 0 Å². The second-order valence-corrected chi connectivity index (χ2v) is 3.34. The van der Waals surface area contributed by atoms with Gasteiger partial charge >= 0.3 is 5.69 Å². The standard InChI is InChI=1S/C10H9N3O3/c1-6(14)12-9-3-2-8-7(4-5-11-8)10(9)13(15)16/h2-5,11H,1H3,(H,12,14). The number of anilines is 1. The predicted octanol–water partition coefficient (Wildman–Crippen LogP) is 2.03. The van der Waals surface area contributed by atoms with Crippen molar-refractivity contribution >= 4 is 28.2 Å². The first-order valence-corrected chi connectivity index (χ1v) is 4.61. The summed E-state index contributed by atoms with van der Waals surface area (Å²) in [6.45, 7) is 1.31. The Labute approximate surface area is 90.4 Å². The number of nitro groups is 1. The molecule has 1 amide bonds. The molecule has 0 saturated heterocycles. The summed E-state index contributed by atoms with van der Waals surface area (Å²) in [6.07, 6.45) is 1.62. The van der Waals surface area contributed by atoms with Gasteiger partial charge in [0, 0.05) is 13.1 Å². The van der Waals surface area contributed by atoms with Crippen molar-refractivity contribution in [3.05, 3.63) is 34.5 Å². The zero-order valence-corrected chi connectivity index (χ0v) is 8.48. The molecule has 2 aromatic rings. The summed E-state index contributed by atoms with van der Waals surface area (Å²) in [5.41, 5.74) is 0.791. The van der Waals surface area contributed by atoms with Gasteiger partial charge in [0.15, 0.2) is 0 Å². The van der Waals surface area contributed by atoms with Crippen LogP contribution in [0, 0.1) is 10.1 Å². The molecule has 1 heterocycles. The highest BCUT2D eigenvalue weighted by molar-refractivity contribution is 6.00. The minimum Gasteiger partial charge on any atom is -0.361 e. The van der Waals surface area contributed by atoms with Crippen molar-refractivity contribution in [2.24, 2.45) is 0 Å². The van der Waals surface area contributed by atoms with Crippen LogP contribution in [-0.2, 0) is 4.79 Å². The summed E-state index contributed by atoms with van der Waals surface area (Å²) in [5.74, 6) is -0.335. The predicted molar refractivity (Wildman–Crippen MR) is 59.3 cm³/mol. The molecule has 6 nitrogen and oxygen atoms in total. The molecule has 1 aromatic heterocycles. The SMILES string of the molecule is CC(=O)Nc1ccc2[nH]ccc2c1[N+](=O)[O-]. The van der Waals surface area contributed by atoms with Gasteiger partial charge in [0.2, 0.25) is 5.91 Å². The maximum Gasteiger partial charge on any atom is 0.302 e. The maximum atomic E-state index is 11.0. The van der Waals surface area contributed by atoms with Crippen LogP contribution in [0.4, 0.5) is 11.4 Å². The van der Waals surface area contributed by atoms with Gasteiger partial charge in [-0.2, -0.15) is 0 Å². The summed E-state index contributed by atoms with van der Waals surface area (Å²) < 4.78 is 0. The highest BCUT2D eigenvalue weighted by atomic mass is 16.6. The molecule has 2 rings (SSSR count). The summed E-state index contributed by atoms with van der Waals surface area (Å²) in [7, 11) is 0. The number of aromatic nitrogens is 1. The van der Waals surface area contributed by atoms with Gasteiger partial charge < -0.3 is 10.3 Å². The molecule has 0 radical (unpaired) electrons. The molecule has 0 bridgehead atoms. The fraction of sp³-hybridized carbons (Fsp3) is 0.100. The lowest BCUT2D eigenvalue weighted by molar-refractivity contribution is -0.382. The first-order valence-electron chi connectivity index (χ1n) is 4.61. The Morgan fingerprint density at radius 1 is 1.44 bits per heavy atom. The summed E-state index contributed by atoms with van der Waals surface area (Å²) in [5, 5.41) is 13.9. The average molecular weight is 219 g/mol. The van der Waals surface area contributed by atoms with Gasteiger partial charge in [0.25, 0.3) is 0 Å². The van der Waals surface area contributed by atoms with Crippen LogP contribution in [-0.4, -0.2) is 15.8 Å². The van der Waals surface area contributed by atoms with Crippen molar-refractivity contribution in [3.63, 3.8) is 0 Å². The molecule has 0 unspecified atom stereocenters. The molecule has 16 heavy (non-hydrogen) atoms. The molecule has 0 saturated carbocycles. The van der Waals surface area contributed by atoms with Crippen LogP contribution in [0.5, 0.6) is 0 Å². The van der Waals surface area contributed by atoms with Crippen molar-refractivity contribution in [2.45, 2.75) is 6.92 Å². The van der Waals surface area contributed by atoms with E-state index >= 15 is 0 Å². The van der Waals surface area contributed by atoms with E-state index in [0.29, 0.717) is 10.9 Å². The molecule has 0 fully saturated rings. The lowest BCUT2D eigenvalue weighted by Crippen LogP contribution is -2.08. The van der Waals surface area contributed by atoms with Crippen molar-refractivity contribution in [3.8, 4) is 0 Å². The zero-order chi connectivity index (χ0) is 11.7. The van der Waals surface area contributed by atoms with Crippen molar-refractivity contribution in [1.82, 2.24) is 4.98 Å². The number of carbonyl (C=O) groups excluding carboxylic acids is 1. The van der Waals surface area contributed by atoms with Crippen molar-refractivity contribution in [2.75, 3.05) is 5.32 Å². The Hall–Kier alpha value is -2.37. The van der Waals surface area contributed by atoms with Crippen LogP contribution in [0.25, 0.3) is 10.9 Å². The largest absolute Gasteiger partial charge is 0.361 e. The molecule has 2 N–H and O–H groups in total. The van der Waals surface area contributed by atoms with E-state index in [4.69, 9.17) is 0 Å². The van der Waals surface area contributed by atoms with Gasteiger partial charge in [-0.15, -0.1) is 0 Å². The number of carbonyl (C=O) groups is 1. The lowest BCUT2D eigenvalue weighted by atomic mass is 10.2. The van der Waals surface area contributed by atoms with Gasteiger partial charge in [-0.05, 0) is 18.2 Å². The maximum absolute atomic E-state index is 11.0. The number of hydrogen-bond donors (Lipinski definition) is 2. The third-order valence-electron chi connectivity index (χ3n) is 2.20. The Morgan fingerprint density at radius 3 is 2.81 bits per heavy atom. The topological polar surface area (TPSA) is 88.0 Å². The summed E-state index contributed by atoms with van der Waals surface area (Å²) in [4.78, 5) is 24.3. The monoisotopic (exact) mass is 219 g/mol. The van der Waals surface area contributed by atoms with Crippen LogP contribution < -0.4 is 5.32 Å². The van der Waals surface area contributed by atoms with Gasteiger partial charge in [0.05, 0.1) is 15.8 Å². The van der Waals surface area contributed by atoms with E-state index in [-0.39, 0.29) is 17.3 Å². The zero-order valence-electron chi connectivity index (χ0n) is 8.48. The third-order valence-corrected chi connectivity index (χ3v) is 2.20. The number of nitrogens with zero attached hydrogens (tertiary/aromatic N) is 1. The number of nitro benzene ring substituents is 1. The Bertz CT molecular complexity index is 574. The number of amides is 1. The smallest absolute Gasteiger partial charge is 0.302 e. The number of rotatable bonds is 2. The number of aromatic amines is 1. The van der Waals surface area contributed by atoms with E-state index in [2.05, 4.69) is 10.3 Å². The van der Waals surface area contributed by atoms with Gasteiger partial charge in [0.1, 0.15) is 5.69 Å². The van der Waals surface area contributed by atoms with E-state index in [1.807, 2.05) is 0 Å². The number of nitrogens with one attached hydrogen (secondary N) is 2. The van der Waals surface area contributed by atoms with Gasteiger partial charge in [-0.25, -0.2) is 0 Å².